The third kappa shape index (κ3) is 6.88. The molecule has 7 heteroatoms. The van der Waals surface area contributed by atoms with Crippen molar-refractivity contribution < 1.29 is 19.1 Å². The average molecular weight is 449 g/mol. The third-order valence-corrected chi connectivity index (χ3v) is 4.48. The number of carbonyl (C=O) groups is 2. The van der Waals surface area contributed by atoms with Crippen LogP contribution in [0.4, 0.5) is 0 Å². The molecular formula is C21H25BrN2O4. The van der Waals surface area contributed by atoms with Gasteiger partial charge in [0.05, 0.1) is 13.7 Å². The molecule has 28 heavy (non-hydrogen) atoms. The Balaban J connectivity index is 1.71. The molecule has 2 aromatic rings. The number of benzene rings is 2. The molecule has 6 nitrogen and oxygen atoms in total. The fraction of sp³-hybridized carbons (Fsp3) is 0.333. The highest BCUT2D eigenvalue weighted by Crippen LogP contribution is 2.28. The number of nitrogens with one attached hydrogen (secondary N) is 2. The summed E-state index contributed by atoms with van der Waals surface area (Å²) >= 11 is 3.34. The summed E-state index contributed by atoms with van der Waals surface area (Å²) in [5.74, 6) is 1.12. The molecule has 150 valence electrons. The summed E-state index contributed by atoms with van der Waals surface area (Å²) in [5.41, 5.74) is 1.57. The summed E-state index contributed by atoms with van der Waals surface area (Å²) in [4.78, 5) is 24.0. The summed E-state index contributed by atoms with van der Waals surface area (Å²) < 4.78 is 11.7. The topological polar surface area (TPSA) is 76.7 Å². The molecule has 0 saturated carbocycles. The molecule has 0 atom stereocenters. The van der Waals surface area contributed by atoms with E-state index in [0.29, 0.717) is 49.6 Å². The summed E-state index contributed by atoms with van der Waals surface area (Å²) in [6, 6.07) is 12.8. The van der Waals surface area contributed by atoms with Crippen LogP contribution >= 0.6 is 15.9 Å². The molecular weight excluding hydrogens is 424 g/mol. The van der Waals surface area contributed by atoms with Crippen molar-refractivity contribution in [2.24, 2.45) is 0 Å². The minimum atomic E-state index is -0.169. The molecule has 0 radical (unpaired) electrons. The van der Waals surface area contributed by atoms with Gasteiger partial charge in [-0.05, 0) is 49.2 Å². The van der Waals surface area contributed by atoms with Crippen molar-refractivity contribution in [1.29, 1.82) is 0 Å². The zero-order chi connectivity index (χ0) is 20.4. The van der Waals surface area contributed by atoms with Crippen molar-refractivity contribution in [2.75, 3.05) is 26.8 Å². The first-order valence-corrected chi connectivity index (χ1v) is 9.93. The van der Waals surface area contributed by atoms with E-state index in [0.717, 1.165) is 10.0 Å². The third-order valence-electron chi connectivity index (χ3n) is 3.99. The minimum Gasteiger partial charge on any atom is -0.493 e. The predicted octanol–water partition coefficient (Wildman–Crippen LogP) is 3.34. The van der Waals surface area contributed by atoms with E-state index in [9.17, 15) is 9.59 Å². The van der Waals surface area contributed by atoms with Gasteiger partial charge in [-0.1, -0.05) is 28.1 Å². The van der Waals surface area contributed by atoms with Gasteiger partial charge in [0.2, 0.25) is 5.91 Å². The van der Waals surface area contributed by atoms with Crippen LogP contribution in [0.25, 0.3) is 0 Å². The highest BCUT2D eigenvalue weighted by molar-refractivity contribution is 9.10. The average Bonchev–Trinajstić information content (AvgIpc) is 2.70. The van der Waals surface area contributed by atoms with Gasteiger partial charge in [-0.15, -0.1) is 0 Å². The van der Waals surface area contributed by atoms with Crippen molar-refractivity contribution in [3.8, 4) is 11.5 Å². The number of methoxy groups -OCH3 is 1. The first-order valence-electron chi connectivity index (χ1n) is 9.13. The van der Waals surface area contributed by atoms with Crippen LogP contribution in [0.15, 0.2) is 46.9 Å². The molecule has 0 aliphatic carbocycles. The second kappa shape index (κ2) is 11.3. The quantitative estimate of drug-likeness (QED) is 0.546. The molecule has 0 aliphatic heterocycles. The van der Waals surface area contributed by atoms with Crippen LogP contribution < -0.4 is 20.1 Å². The number of hydrogen-bond donors (Lipinski definition) is 2. The highest BCUT2D eigenvalue weighted by Gasteiger charge is 2.08. The van der Waals surface area contributed by atoms with Gasteiger partial charge in [0, 0.05) is 29.5 Å². The molecule has 0 aliphatic rings. The number of carbonyl (C=O) groups excluding carboxylic acids is 2. The van der Waals surface area contributed by atoms with Crippen LogP contribution in [-0.4, -0.2) is 38.6 Å². The summed E-state index contributed by atoms with van der Waals surface area (Å²) in [6.45, 7) is 3.23. The van der Waals surface area contributed by atoms with Crippen LogP contribution in [-0.2, 0) is 11.2 Å². The zero-order valence-corrected chi connectivity index (χ0v) is 17.7. The predicted molar refractivity (Wildman–Crippen MR) is 112 cm³/mol. The van der Waals surface area contributed by atoms with Gasteiger partial charge in [0.25, 0.3) is 5.91 Å². The van der Waals surface area contributed by atoms with Gasteiger partial charge in [-0.3, -0.25) is 9.59 Å². The van der Waals surface area contributed by atoms with Crippen molar-refractivity contribution >= 4 is 27.7 Å². The van der Waals surface area contributed by atoms with E-state index < -0.39 is 0 Å². The Kier molecular flexibility index (Phi) is 8.81. The highest BCUT2D eigenvalue weighted by atomic mass is 79.9. The van der Waals surface area contributed by atoms with Gasteiger partial charge in [0.1, 0.15) is 0 Å². The number of rotatable bonds is 10. The zero-order valence-electron chi connectivity index (χ0n) is 16.1. The summed E-state index contributed by atoms with van der Waals surface area (Å²) in [6.07, 6.45) is 0.954. The maximum atomic E-state index is 12.0. The lowest BCUT2D eigenvalue weighted by Crippen LogP contribution is -2.34. The molecule has 2 amide bonds. The first kappa shape index (κ1) is 21.8. The molecule has 0 saturated heterocycles. The molecule has 0 fully saturated rings. The van der Waals surface area contributed by atoms with E-state index in [4.69, 9.17) is 9.47 Å². The molecule has 2 N–H and O–H groups in total. The van der Waals surface area contributed by atoms with Gasteiger partial charge >= 0.3 is 0 Å². The Morgan fingerprint density at radius 1 is 1.04 bits per heavy atom. The van der Waals surface area contributed by atoms with Crippen LogP contribution in [0.3, 0.4) is 0 Å². The number of halogens is 1. The minimum absolute atomic E-state index is 0.0652. The van der Waals surface area contributed by atoms with Gasteiger partial charge < -0.3 is 20.1 Å². The van der Waals surface area contributed by atoms with Crippen LogP contribution in [0.5, 0.6) is 11.5 Å². The van der Waals surface area contributed by atoms with Gasteiger partial charge in [-0.25, -0.2) is 0 Å². The standard InChI is InChI=1S/C21H25BrN2O4/c1-3-28-18-9-7-15(13-19(18)27-2)8-10-20(25)23-11-12-24-21(26)16-5-4-6-17(22)14-16/h4-7,9,13-14H,3,8,10-12H2,1-2H3,(H,23,25)(H,24,26). The van der Waals surface area contributed by atoms with Crippen LogP contribution in [0.2, 0.25) is 0 Å². The molecule has 0 heterocycles. The largest absolute Gasteiger partial charge is 0.493 e. The Morgan fingerprint density at radius 2 is 1.82 bits per heavy atom. The van der Waals surface area contributed by atoms with E-state index in [1.54, 1.807) is 25.3 Å². The fourth-order valence-corrected chi connectivity index (χ4v) is 3.00. The molecule has 2 aromatic carbocycles. The lowest BCUT2D eigenvalue weighted by atomic mass is 10.1. The molecule has 2 rings (SSSR count). The normalized spacial score (nSPS) is 10.2. The fourth-order valence-electron chi connectivity index (χ4n) is 2.60. The summed E-state index contributed by atoms with van der Waals surface area (Å²) in [7, 11) is 1.59. The smallest absolute Gasteiger partial charge is 0.251 e. The van der Waals surface area contributed by atoms with Crippen molar-refractivity contribution in [3.63, 3.8) is 0 Å². The van der Waals surface area contributed by atoms with E-state index in [2.05, 4.69) is 26.6 Å². The second-order valence-electron chi connectivity index (χ2n) is 6.03. The molecule has 0 bridgehead atoms. The Bertz CT molecular complexity index is 811. The Morgan fingerprint density at radius 3 is 2.54 bits per heavy atom. The van der Waals surface area contributed by atoms with Gasteiger partial charge in [0.15, 0.2) is 11.5 Å². The molecule has 0 spiro atoms. The van der Waals surface area contributed by atoms with E-state index in [-0.39, 0.29) is 11.8 Å². The van der Waals surface area contributed by atoms with Crippen LogP contribution in [0, 0.1) is 0 Å². The molecule has 0 unspecified atom stereocenters. The van der Waals surface area contributed by atoms with Crippen molar-refractivity contribution in [2.45, 2.75) is 19.8 Å². The van der Waals surface area contributed by atoms with Crippen LogP contribution in [0.1, 0.15) is 29.3 Å². The maximum absolute atomic E-state index is 12.0. The SMILES string of the molecule is CCOc1ccc(CCC(=O)NCCNC(=O)c2cccc(Br)c2)cc1OC. The molecule has 0 aromatic heterocycles. The maximum Gasteiger partial charge on any atom is 0.251 e. The lowest BCUT2D eigenvalue weighted by Gasteiger charge is -2.11. The second-order valence-corrected chi connectivity index (χ2v) is 6.95. The van der Waals surface area contributed by atoms with E-state index in [1.807, 2.05) is 31.2 Å². The number of amides is 2. The van der Waals surface area contributed by atoms with Gasteiger partial charge in [-0.2, -0.15) is 0 Å². The monoisotopic (exact) mass is 448 g/mol. The Hall–Kier alpha value is -2.54. The first-order chi connectivity index (χ1) is 13.5. The summed E-state index contributed by atoms with van der Waals surface area (Å²) in [5, 5.41) is 5.60. The van der Waals surface area contributed by atoms with Crippen molar-refractivity contribution in [3.05, 3.63) is 58.1 Å². The number of ether oxygens (including phenoxy) is 2. The Labute approximate surface area is 173 Å². The van der Waals surface area contributed by atoms with Crippen molar-refractivity contribution in [1.82, 2.24) is 10.6 Å². The lowest BCUT2D eigenvalue weighted by molar-refractivity contribution is -0.121. The number of aryl methyl sites for hydroxylation is 1. The van der Waals surface area contributed by atoms with E-state index >= 15 is 0 Å². The number of hydrogen-bond acceptors (Lipinski definition) is 4. The van der Waals surface area contributed by atoms with E-state index in [1.165, 1.54) is 0 Å².